The van der Waals surface area contributed by atoms with E-state index >= 15 is 0 Å². The molecule has 3 rings (SSSR count). The monoisotopic (exact) mass is 289 g/mol. The lowest BCUT2D eigenvalue weighted by Gasteiger charge is -2.32. The van der Waals surface area contributed by atoms with Crippen molar-refractivity contribution in [1.82, 2.24) is 25.0 Å². The average Bonchev–Trinajstić information content (AvgIpc) is 2.84. The number of nitrogens with zero attached hydrogens (tertiary/aromatic N) is 6. The fourth-order valence-electron chi connectivity index (χ4n) is 3.17. The fourth-order valence-corrected chi connectivity index (χ4v) is 3.17. The average molecular weight is 289 g/mol. The Morgan fingerprint density at radius 2 is 2.00 bits per heavy atom. The van der Waals surface area contributed by atoms with E-state index in [0.29, 0.717) is 18.2 Å². The summed E-state index contributed by atoms with van der Waals surface area (Å²) in [5.41, 5.74) is 6.41. The maximum absolute atomic E-state index is 5.72. The van der Waals surface area contributed by atoms with E-state index in [-0.39, 0.29) is 0 Å². The first-order valence-electron chi connectivity index (χ1n) is 7.89. The SMILES string of the molecule is NCCCN(c1cncc2nnnn12)C1CCCCCC1. The van der Waals surface area contributed by atoms with E-state index in [1.165, 1.54) is 38.5 Å². The van der Waals surface area contributed by atoms with Crippen molar-refractivity contribution in [2.45, 2.75) is 51.0 Å². The maximum atomic E-state index is 5.72. The highest BCUT2D eigenvalue weighted by molar-refractivity contribution is 5.46. The van der Waals surface area contributed by atoms with Gasteiger partial charge in [0, 0.05) is 12.6 Å². The van der Waals surface area contributed by atoms with Gasteiger partial charge in [-0.3, -0.25) is 4.98 Å². The van der Waals surface area contributed by atoms with Crippen LogP contribution in [0.25, 0.3) is 5.65 Å². The summed E-state index contributed by atoms with van der Waals surface area (Å²) in [6.07, 6.45) is 12.2. The Morgan fingerprint density at radius 3 is 2.76 bits per heavy atom. The molecule has 114 valence electrons. The molecule has 0 unspecified atom stereocenters. The largest absolute Gasteiger partial charge is 0.352 e. The molecule has 2 N–H and O–H groups in total. The topological polar surface area (TPSA) is 85.2 Å². The second-order valence-corrected chi connectivity index (χ2v) is 5.70. The molecule has 1 saturated carbocycles. The minimum Gasteiger partial charge on any atom is -0.352 e. The zero-order valence-corrected chi connectivity index (χ0v) is 12.4. The number of rotatable bonds is 5. The van der Waals surface area contributed by atoms with Gasteiger partial charge < -0.3 is 10.6 Å². The molecule has 21 heavy (non-hydrogen) atoms. The van der Waals surface area contributed by atoms with Gasteiger partial charge in [-0.05, 0) is 36.2 Å². The lowest BCUT2D eigenvalue weighted by atomic mass is 10.1. The van der Waals surface area contributed by atoms with Gasteiger partial charge in [0.25, 0.3) is 0 Å². The number of hydrogen-bond donors (Lipinski definition) is 1. The van der Waals surface area contributed by atoms with Crippen LogP contribution in [0.1, 0.15) is 44.9 Å². The maximum Gasteiger partial charge on any atom is 0.199 e. The molecule has 7 nitrogen and oxygen atoms in total. The molecular formula is C14H23N7. The molecule has 0 atom stereocenters. The molecule has 0 amide bonds. The quantitative estimate of drug-likeness (QED) is 0.837. The van der Waals surface area contributed by atoms with Gasteiger partial charge in [-0.1, -0.05) is 25.7 Å². The highest BCUT2D eigenvalue weighted by atomic mass is 15.5. The zero-order chi connectivity index (χ0) is 14.5. The third-order valence-corrected chi connectivity index (χ3v) is 4.25. The molecular weight excluding hydrogens is 266 g/mol. The van der Waals surface area contributed by atoms with Crippen LogP contribution in [0.15, 0.2) is 12.4 Å². The van der Waals surface area contributed by atoms with Gasteiger partial charge in [-0.25, -0.2) is 0 Å². The van der Waals surface area contributed by atoms with Crippen LogP contribution in [0.3, 0.4) is 0 Å². The third kappa shape index (κ3) is 3.12. The van der Waals surface area contributed by atoms with Crippen molar-refractivity contribution >= 4 is 11.5 Å². The number of nitrogens with two attached hydrogens (primary N) is 1. The predicted molar refractivity (Wildman–Crippen MR) is 81.1 cm³/mol. The van der Waals surface area contributed by atoms with Crippen LogP contribution in [0.2, 0.25) is 0 Å². The highest BCUT2D eigenvalue weighted by Crippen LogP contribution is 2.26. The molecule has 2 aromatic rings. The van der Waals surface area contributed by atoms with Gasteiger partial charge in [0.15, 0.2) is 11.5 Å². The fraction of sp³-hybridized carbons (Fsp3) is 0.714. The summed E-state index contributed by atoms with van der Waals surface area (Å²) in [6, 6.07) is 0.538. The molecule has 0 spiro atoms. The molecule has 1 aliphatic carbocycles. The second-order valence-electron chi connectivity index (χ2n) is 5.70. The minimum absolute atomic E-state index is 0.538. The smallest absolute Gasteiger partial charge is 0.199 e. The van der Waals surface area contributed by atoms with Crippen molar-refractivity contribution in [1.29, 1.82) is 0 Å². The van der Waals surface area contributed by atoms with Crippen molar-refractivity contribution in [2.75, 3.05) is 18.0 Å². The Balaban J connectivity index is 1.92. The first-order valence-corrected chi connectivity index (χ1v) is 7.89. The van der Waals surface area contributed by atoms with Gasteiger partial charge in [0.1, 0.15) is 0 Å². The van der Waals surface area contributed by atoms with Gasteiger partial charge in [0.05, 0.1) is 12.4 Å². The lowest BCUT2D eigenvalue weighted by Crippen LogP contribution is -2.38. The van der Waals surface area contributed by atoms with E-state index in [9.17, 15) is 0 Å². The number of anilines is 1. The van der Waals surface area contributed by atoms with E-state index in [1.807, 2.05) is 6.20 Å². The van der Waals surface area contributed by atoms with Gasteiger partial charge >= 0.3 is 0 Å². The van der Waals surface area contributed by atoms with E-state index in [0.717, 1.165) is 18.8 Å². The van der Waals surface area contributed by atoms with Crippen molar-refractivity contribution < 1.29 is 0 Å². The number of fused-ring (bicyclic) bond motifs is 1. The van der Waals surface area contributed by atoms with E-state index in [1.54, 1.807) is 10.7 Å². The number of hydrogen-bond acceptors (Lipinski definition) is 6. The molecule has 2 heterocycles. The first-order chi connectivity index (χ1) is 10.4. The first kappa shape index (κ1) is 14.2. The summed E-state index contributed by atoms with van der Waals surface area (Å²) in [5, 5.41) is 11.9. The molecule has 0 radical (unpaired) electrons. The van der Waals surface area contributed by atoms with Crippen LogP contribution in [0.5, 0.6) is 0 Å². The van der Waals surface area contributed by atoms with Gasteiger partial charge in [0.2, 0.25) is 0 Å². The van der Waals surface area contributed by atoms with E-state index < -0.39 is 0 Å². The lowest BCUT2D eigenvalue weighted by molar-refractivity contribution is 0.509. The molecule has 0 saturated heterocycles. The van der Waals surface area contributed by atoms with Crippen LogP contribution >= 0.6 is 0 Å². The Morgan fingerprint density at radius 1 is 1.19 bits per heavy atom. The van der Waals surface area contributed by atoms with Crippen molar-refractivity contribution in [3.63, 3.8) is 0 Å². The Hall–Kier alpha value is -1.76. The van der Waals surface area contributed by atoms with Gasteiger partial charge in [-0.15, -0.1) is 5.10 Å². The number of aromatic nitrogens is 5. The van der Waals surface area contributed by atoms with E-state index in [4.69, 9.17) is 5.73 Å². The van der Waals surface area contributed by atoms with Crippen molar-refractivity contribution in [2.24, 2.45) is 5.73 Å². The molecule has 1 fully saturated rings. The van der Waals surface area contributed by atoms with Crippen LogP contribution in [-0.4, -0.2) is 44.2 Å². The van der Waals surface area contributed by atoms with Crippen LogP contribution in [0, 0.1) is 0 Å². The van der Waals surface area contributed by atoms with Crippen molar-refractivity contribution in [3.05, 3.63) is 12.4 Å². The highest BCUT2D eigenvalue weighted by Gasteiger charge is 2.22. The molecule has 7 heteroatoms. The summed E-state index contributed by atoms with van der Waals surface area (Å²) in [7, 11) is 0. The molecule has 0 bridgehead atoms. The Labute approximate surface area is 124 Å². The molecule has 2 aromatic heterocycles. The Kier molecular flexibility index (Phi) is 4.59. The summed E-state index contributed by atoms with van der Waals surface area (Å²) >= 11 is 0. The van der Waals surface area contributed by atoms with Crippen LogP contribution in [-0.2, 0) is 0 Å². The standard InChI is InChI=1S/C14H23N7/c15-8-5-9-20(12-6-3-1-2-4-7-12)14-11-16-10-13-17-18-19-21(13)14/h10-12H,1-9,15H2. The van der Waals surface area contributed by atoms with Crippen LogP contribution < -0.4 is 10.6 Å². The molecule has 0 aliphatic heterocycles. The minimum atomic E-state index is 0.538. The molecule has 1 aliphatic rings. The third-order valence-electron chi connectivity index (χ3n) is 4.25. The number of tetrazole rings is 1. The van der Waals surface area contributed by atoms with Crippen molar-refractivity contribution in [3.8, 4) is 0 Å². The Bertz CT molecular complexity index is 559. The predicted octanol–water partition coefficient (Wildman–Crippen LogP) is 1.40. The summed E-state index contributed by atoms with van der Waals surface area (Å²) in [5.74, 6) is 0.984. The van der Waals surface area contributed by atoms with Gasteiger partial charge in [-0.2, -0.15) is 4.52 Å². The normalized spacial score (nSPS) is 17.0. The summed E-state index contributed by atoms with van der Waals surface area (Å²) in [6.45, 7) is 1.63. The zero-order valence-electron chi connectivity index (χ0n) is 12.4. The van der Waals surface area contributed by atoms with Crippen LogP contribution in [0.4, 0.5) is 5.82 Å². The molecule has 0 aromatic carbocycles. The summed E-state index contributed by atoms with van der Waals surface area (Å²) < 4.78 is 1.79. The second kappa shape index (κ2) is 6.80. The summed E-state index contributed by atoms with van der Waals surface area (Å²) in [4.78, 5) is 6.71. The van der Waals surface area contributed by atoms with E-state index in [2.05, 4.69) is 25.4 Å².